The number of rotatable bonds is 4. The van der Waals surface area contributed by atoms with E-state index in [9.17, 15) is 4.79 Å². The molecule has 0 rings (SSSR count). The Kier molecular flexibility index (Phi) is 5.56. The number of amides is 2. The number of carbonyl (C=O) groups excluding carboxylic acids is 1. The summed E-state index contributed by atoms with van der Waals surface area (Å²) in [6.07, 6.45) is 0.949. The molecular formula is C7H17N3O. The van der Waals surface area contributed by atoms with E-state index in [-0.39, 0.29) is 12.1 Å². The lowest BCUT2D eigenvalue weighted by Gasteiger charge is -2.11. The standard InChI is InChI=1S/C7H17N3O/c1-3-4-9-7(11)10-6(2)5-8/h6H,3-5,8H2,1-2H3,(H2,9,10,11)/t6-/m1/s1. The van der Waals surface area contributed by atoms with E-state index in [0.717, 1.165) is 6.42 Å². The van der Waals surface area contributed by atoms with Crippen LogP contribution in [0.2, 0.25) is 0 Å². The van der Waals surface area contributed by atoms with Gasteiger partial charge in [-0.05, 0) is 13.3 Å². The molecule has 0 aliphatic rings. The van der Waals surface area contributed by atoms with Crippen LogP contribution >= 0.6 is 0 Å². The van der Waals surface area contributed by atoms with Gasteiger partial charge in [0.15, 0.2) is 0 Å². The van der Waals surface area contributed by atoms with Crippen molar-refractivity contribution in [3.8, 4) is 0 Å². The van der Waals surface area contributed by atoms with Crippen molar-refractivity contribution >= 4 is 6.03 Å². The van der Waals surface area contributed by atoms with Gasteiger partial charge in [0.1, 0.15) is 0 Å². The second kappa shape index (κ2) is 5.97. The summed E-state index contributed by atoms with van der Waals surface area (Å²) in [5, 5.41) is 5.38. The molecule has 4 nitrogen and oxygen atoms in total. The molecule has 11 heavy (non-hydrogen) atoms. The van der Waals surface area contributed by atoms with Gasteiger partial charge in [-0.1, -0.05) is 6.92 Å². The van der Waals surface area contributed by atoms with Gasteiger partial charge in [-0.2, -0.15) is 0 Å². The molecule has 4 N–H and O–H groups in total. The lowest BCUT2D eigenvalue weighted by molar-refractivity contribution is 0.238. The highest BCUT2D eigenvalue weighted by molar-refractivity contribution is 5.74. The molecule has 0 unspecified atom stereocenters. The van der Waals surface area contributed by atoms with E-state index >= 15 is 0 Å². The maximum Gasteiger partial charge on any atom is 0.315 e. The molecule has 0 bridgehead atoms. The Morgan fingerprint density at radius 2 is 2.27 bits per heavy atom. The molecule has 2 amide bonds. The predicted octanol–water partition coefficient (Wildman–Crippen LogP) is 0.0428. The molecule has 0 saturated heterocycles. The van der Waals surface area contributed by atoms with Crippen molar-refractivity contribution in [1.29, 1.82) is 0 Å². The van der Waals surface area contributed by atoms with Crippen molar-refractivity contribution in [2.24, 2.45) is 5.73 Å². The van der Waals surface area contributed by atoms with E-state index in [2.05, 4.69) is 10.6 Å². The Morgan fingerprint density at radius 1 is 1.64 bits per heavy atom. The fraction of sp³-hybridized carbons (Fsp3) is 0.857. The van der Waals surface area contributed by atoms with Crippen LogP contribution in [-0.2, 0) is 0 Å². The zero-order chi connectivity index (χ0) is 8.69. The lowest BCUT2D eigenvalue weighted by atomic mass is 10.3. The molecule has 4 heteroatoms. The third kappa shape index (κ3) is 5.66. The Bertz CT molecular complexity index is 116. The molecule has 0 spiro atoms. The number of hydrogen-bond acceptors (Lipinski definition) is 2. The summed E-state index contributed by atoms with van der Waals surface area (Å²) in [5.74, 6) is 0. The van der Waals surface area contributed by atoms with Gasteiger partial charge in [0.25, 0.3) is 0 Å². The minimum atomic E-state index is -0.134. The van der Waals surface area contributed by atoms with Crippen molar-refractivity contribution < 1.29 is 4.79 Å². The molecule has 0 saturated carbocycles. The highest BCUT2D eigenvalue weighted by Gasteiger charge is 2.02. The number of urea groups is 1. The van der Waals surface area contributed by atoms with Crippen LogP contribution < -0.4 is 16.4 Å². The molecule has 0 heterocycles. The van der Waals surface area contributed by atoms with Crippen molar-refractivity contribution in [1.82, 2.24) is 10.6 Å². The second-order valence-electron chi connectivity index (χ2n) is 2.54. The van der Waals surface area contributed by atoms with Crippen molar-refractivity contribution in [2.45, 2.75) is 26.3 Å². The van der Waals surface area contributed by atoms with E-state index in [1.165, 1.54) is 0 Å². The van der Waals surface area contributed by atoms with E-state index < -0.39 is 0 Å². The van der Waals surface area contributed by atoms with Gasteiger partial charge in [-0.25, -0.2) is 4.79 Å². The first kappa shape index (κ1) is 10.2. The van der Waals surface area contributed by atoms with Crippen LogP contribution in [0.15, 0.2) is 0 Å². The number of nitrogens with one attached hydrogen (secondary N) is 2. The van der Waals surface area contributed by atoms with Gasteiger partial charge in [0, 0.05) is 19.1 Å². The molecule has 1 atom stereocenters. The van der Waals surface area contributed by atoms with Gasteiger partial charge >= 0.3 is 6.03 Å². The summed E-state index contributed by atoms with van der Waals surface area (Å²) in [6.45, 7) is 5.06. The first-order valence-electron chi connectivity index (χ1n) is 3.95. The van der Waals surface area contributed by atoms with Gasteiger partial charge in [-0.15, -0.1) is 0 Å². The maximum atomic E-state index is 10.9. The van der Waals surface area contributed by atoms with Crippen molar-refractivity contribution in [2.75, 3.05) is 13.1 Å². The van der Waals surface area contributed by atoms with Gasteiger partial charge in [-0.3, -0.25) is 0 Å². The van der Waals surface area contributed by atoms with Gasteiger partial charge < -0.3 is 16.4 Å². The first-order valence-corrected chi connectivity index (χ1v) is 3.95. The minimum Gasteiger partial charge on any atom is -0.338 e. The quantitative estimate of drug-likeness (QED) is 0.542. The summed E-state index contributed by atoms with van der Waals surface area (Å²) in [7, 11) is 0. The number of hydrogen-bond donors (Lipinski definition) is 3. The number of nitrogens with two attached hydrogens (primary N) is 1. The topological polar surface area (TPSA) is 67.2 Å². The monoisotopic (exact) mass is 159 g/mol. The molecule has 0 fully saturated rings. The van der Waals surface area contributed by atoms with Crippen LogP contribution in [0, 0.1) is 0 Å². The van der Waals surface area contributed by atoms with Gasteiger partial charge in [0.05, 0.1) is 0 Å². The third-order valence-corrected chi connectivity index (χ3v) is 1.27. The van der Waals surface area contributed by atoms with Crippen LogP contribution in [-0.4, -0.2) is 25.2 Å². The molecule has 0 aromatic carbocycles. The summed E-state index contributed by atoms with van der Waals surface area (Å²) in [4.78, 5) is 10.9. The average molecular weight is 159 g/mol. The smallest absolute Gasteiger partial charge is 0.315 e. The molecule has 0 aromatic rings. The highest BCUT2D eigenvalue weighted by atomic mass is 16.2. The van der Waals surface area contributed by atoms with Crippen LogP contribution in [0.5, 0.6) is 0 Å². The maximum absolute atomic E-state index is 10.9. The number of carbonyl (C=O) groups is 1. The molecule has 0 aliphatic heterocycles. The van der Waals surface area contributed by atoms with Gasteiger partial charge in [0.2, 0.25) is 0 Å². The molecule has 0 aliphatic carbocycles. The SMILES string of the molecule is CCCNC(=O)N[C@H](C)CN. The normalized spacial score (nSPS) is 12.3. The Hall–Kier alpha value is -0.770. The largest absolute Gasteiger partial charge is 0.338 e. The highest BCUT2D eigenvalue weighted by Crippen LogP contribution is 1.76. The van der Waals surface area contributed by atoms with E-state index in [4.69, 9.17) is 5.73 Å². The average Bonchev–Trinajstić information content (AvgIpc) is 2.00. The molecule has 0 radical (unpaired) electrons. The molecule has 0 aromatic heterocycles. The van der Waals surface area contributed by atoms with Crippen LogP contribution in [0.3, 0.4) is 0 Å². The summed E-state index contributed by atoms with van der Waals surface area (Å²) in [5.41, 5.74) is 5.31. The fourth-order valence-corrected chi connectivity index (χ4v) is 0.572. The van der Waals surface area contributed by atoms with E-state index in [1.54, 1.807) is 0 Å². The Balaban J connectivity index is 3.36. The minimum absolute atomic E-state index is 0.0480. The predicted molar refractivity (Wildman–Crippen MR) is 45.3 cm³/mol. The zero-order valence-electron chi connectivity index (χ0n) is 7.18. The van der Waals surface area contributed by atoms with E-state index in [0.29, 0.717) is 13.1 Å². The summed E-state index contributed by atoms with van der Waals surface area (Å²) >= 11 is 0. The Morgan fingerprint density at radius 3 is 2.73 bits per heavy atom. The van der Waals surface area contributed by atoms with Crippen LogP contribution in [0.4, 0.5) is 4.79 Å². The first-order chi connectivity index (χ1) is 5.20. The molecule has 66 valence electrons. The molecular weight excluding hydrogens is 142 g/mol. The van der Waals surface area contributed by atoms with Crippen LogP contribution in [0.1, 0.15) is 20.3 Å². The fourth-order valence-electron chi connectivity index (χ4n) is 0.572. The third-order valence-electron chi connectivity index (χ3n) is 1.27. The van der Waals surface area contributed by atoms with Crippen molar-refractivity contribution in [3.05, 3.63) is 0 Å². The Labute approximate surface area is 67.5 Å². The second-order valence-corrected chi connectivity index (χ2v) is 2.54. The lowest BCUT2D eigenvalue weighted by Crippen LogP contribution is -2.44. The van der Waals surface area contributed by atoms with Crippen molar-refractivity contribution in [3.63, 3.8) is 0 Å². The van der Waals surface area contributed by atoms with E-state index in [1.807, 2.05) is 13.8 Å². The van der Waals surface area contributed by atoms with Crippen LogP contribution in [0.25, 0.3) is 0 Å². The summed E-state index contributed by atoms with van der Waals surface area (Å²) in [6, 6.07) is -0.0864. The zero-order valence-corrected chi connectivity index (χ0v) is 7.18. The summed E-state index contributed by atoms with van der Waals surface area (Å²) < 4.78 is 0.